The zero-order valence-corrected chi connectivity index (χ0v) is 15.6. The number of rotatable bonds is 6. The van der Waals surface area contributed by atoms with Gasteiger partial charge in [-0.05, 0) is 42.6 Å². The number of thiophene rings is 1. The third-order valence-corrected chi connectivity index (χ3v) is 5.65. The summed E-state index contributed by atoms with van der Waals surface area (Å²) in [5.41, 5.74) is 1.18. The molecule has 1 N–H and O–H groups in total. The molecule has 2 heterocycles. The van der Waals surface area contributed by atoms with Crippen molar-refractivity contribution in [2.45, 2.75) is 13.0 Å². The number of nitrogens with zero attached hydrogens (tertiary/aromatic N) is 2. The van der Waals surface area contributed by atoms with Gasteiger partial charge in [-0.25, -0.2) is 0 Å². The van der Waals surface area contributed by atoms with E-state index in [9.17, 15) is 4.79 Å². The minimum atomic E-state index is 0.179. The van der Waals surface area contributed by atoms with Crippen molar-refractivity contribution in [3.8, 4) is 5.75 Å². The molecule has 0 spiro atoms. The molecule has 5 nitrogen and oxygen atoms in total. The fourth-order valence-electron chi connectivity index (χ4n) is 3.00. The highest BCUT2D eigenvalue weighted by Gasteiger charge is 2.21. The summed E-state index contributed by atoms with van der Waals surface area (Å²) in [5, 5.41) is 5.39. The highest BCUT2D eigenvalue weighted by molar-refractivity contribution is 7.10. The summed E-state index contributed by atoms with van der Waals surface area (Å²) >= 11 is 1.72. The third kappa shape index (κ3) is 4.52. The van der Waals surface area contributed by atoms with Crippen molar-refractivity contribution < 1.29 is 9.53 Å². The Morgan fingerprint density at radius 1 is 1.20 bits per heavy atom. The Morgan fingerprint density at radius 3 is 2.52 bits per heavy atom. The molecule has 1 saturated heterocycles. The number of methoxy groups -OCH3 is 1. The molecule has 0 bridgehead atoms. The number of anilines is 1. The monoisotopic (exact) mass is 359 g/mol. The predicted molar refractivity (Wildman–Crippen MR) is 103 cm³/mol. The van der Waals surface area contributed by atoms with Gasteiger partial charge >= 0.3 is 0 Å². The van der Waals surface area contributed by atoms with Crippen LogP contribution in [0.5, 0.6) is 5.75 Å². The molecule has 1 amide bonds. The first-order valence-electron chi connectivity index (χ1n) is 8.61. The van der Waals surface area contributed by atoms with Crippen molar-refractivity contribution in [1.82, 2.24) is 10.2 Å². The second-order valence-electron chi connectivity index (χ2n) is 6.18. The molecule has 6 heteroatoms. The smallest absolute Gasteiger partial charge is 0.236 e. The molecule has 0 aliphatic carbocycles. The van der Waals surface area contributed by atoms with Gasteiger partial charge in [0.15, 0.2) is 0 Å². The second-order valence-corrected chi connectivity index (χ2v) is 7.16. The average Bonchev–Trinajstić information content (AvgIpc) is 3.21. The van der Waals surface area contributed by atoms with Crippen LogP contribution in [0, 0.1) is 0 Å². The van der Waals surface area contributed by atoms with Crippen LogP contribution in [0.4, 0.5) is 5.69 Å². The molecule has 2 aromatic rings. The van der Waals surface area contributed by atoms with Crippen LogP contribution in [0.25, 0.3) is 0 Å². The van der Waals surface area contributed by atoms with Crippen molar-refractivity contribution in [3.05, 3.63) is 46.7 Å². The Labute approximate surface area is 153 Å². The molecule has 1 aromatic carbocycles. The van der Waals surface area contributed by atoms with Gasteiger partial charge < -0.3 is 19.9 Å². The lowest BCUT2D eigenvalue weighted by molar-refractivity contribution is -0.130. The van der Waals surface area contributed by atoms with Crippen LogP contribution in [0.1, 0.15) is 17.8 Å². The summed E-state index contributed by atoms with van der Waals surface area (Å²) in [6, 6.07) is 12.4. The quantitative estimate of drug-likeness (QED) is 0.861. The van der Waals surface area contributed by atoms with Crippen molar-refractivity contribution >= 4 is 22.9 Å². The fraction of sp³-hybridized carbons (Fsp3) is 0.421. The summed E-state index contributed by atoms with van der Waals surface area (Å²) in [7, 11) is 1.67. The van der Waals surface area contributed by atoms with Crippen LogP contribution in [-0.4, -0.2) is 50.6 Å². The normalized spacial score (nSPS) is 15.9. The molecule has 1 aliphatic heterocycles. The topological polar surface area (TPSA) is 44.8 Å². The van der Waals surface area contributed by atoms with E-state index in [0.717, 1.165) is 31.9 Å². The lowest BCUT2D eigenvalue weighted by Gasteiger charge is -2.36. The summed E-state index contributed by atoms with van der Waals surface area (Å²) < 4.78 is 5.20. The molecule has 0 saturated carbocycles. The molecule has 134 valence electrons. The minimum Gasteiger partial charge on any atom is -0.497 e. The maximum atomic E-state index is 12.4. The van der Waals surface area contributed by atoms with Gasteiger partial charge in [0, 0.05) is 42.8 Å². The lowest BCUT2D eigenvalue weighted by Crippen LogP contribution is -2.51. The van der Waals surface area contributed by atoms with E-state index in [-0.39, 0.29) is 11.9 Å². The molecule has 1 atom stereocenters. The number of carbonyl (C=O) groups excluding carboxylic acids is 1. The van der Waals surface area contributed by atoms with E-state index in [4.69, 9.17) is 4.74 Å². The summed E-state index contributed by atoms with van der Waals surface area (Å²) in [5.74, 6) is 1.04. The van der Waals surface area contributed by atoms with E-state index in [1.807, 2.05) is 23.1 Å². The maximum absolute atomic E-state index is 12.4. The van der Waals surface area contributed by atoms with E-state index in [1.165, 1.54) is 10.6 Å². The largest absolute Gasteiger partial charge is 0.497 e. The third-order valence-electron chi connectivity index (χ3n) is 4.60. The molecular formula is C19H25N3O2S. The standard InChI is InChI=1S/C19H25N3O2S/c1-15(18-4-3-13-25-18)20-14-19(23)22-11-9-21(10-12-22)16-5-7-17(24-2)8-6-16/h3-8,13,15,20H,9-12,14H2,1-2H3/t15-/m1/s1. The van der Waals surface area contributed by atoms with Gasteiger partial charge in [0.1, 0.15) is 5.75 Å². The molecule has 25 heavy (non-hydrogen) atoms. The number of hydrogen-bond donors (Lipinski definition) is 1. The lowest BCUT2D eigenvalue weighted by atomic mass is 10.2. The average molecular weight is 359 g/mol. The number of nitrogens with one attached hydrogen (secondary N) is 1. The Hall–Kier alpha value is -2.05. The van der Waals surface area contributed by atoms with Gasteiger partial charge in [0.25, 0.3) is 0 Å². The highest BCUT2D eigenvalue weighted by atomic mass is 32.1. The van der Waals surface area contributed by atoms with E-state index in [2.05, 4.69) is 40.7 Å². The van der Waals surface area contributed by atoms with Crippen LogP contribution in [0.3, 0.4) is 0 Å². The van der Waals surface area contributed by atoms with Crippen LogP contribution in [0.15, 0.2) is 41.8 Å². The van der Waals surface area contributed by atoms with E-state index >= 15 is 0 Å². The number of benzene rings is 1. The van der Waals surface area contributed by atoms with Gasteiger partial charge in [-0.3, -0.25) is 4.79 Å². The molecule has 3 rings (SSSR count). The van der Waals surface area contributed by atoms with Crippen molar-refractivity contribution in [2.75, 3.05) is 44.7 Å². The molecule has 1 aliphatic rings. The van der Waals surface area contributed by atoms with Gasteiger partial charge in [-0.1, -0.05) is 6.07 Å². The summed E-state index contributed by atoms with van der Waals surface area (Å²) in [4.78, 5) is 18.0. The first kappa shape index (κ1) is 17.8. The first-order valence-corrected chi connectivity index (χ1v) is 9.49. The number of amides is 1. The fourth-order valence-corrected chi connectivity index (χ4v) is 3.76. The number of piperazine rings is 1. The predicted octanol–water partition coefficient (Wildman–Crippen LogP) is 2.76. The molecule has 0 radical (unpaired) electrons. The molecular weight excluding hydrogens is 334 g/mol. The molecule has 0 unspecified atom stereocenters. The van der Waals surface area contributed by atoms with Crippen LogP contribution >= 0.6 is 11.3 Å². The number of carbonyl (C=O) groups is 1. The van der Waals surface area contributed by atoms with Crippen molar-refractivity contribution in [3.63, 3.8) is 0 Å². The van der Waals surface area contributed by atoms with Gasteiger partial charge in [-0.15, -0.1) is 11.3 Å². The molecule has 1 aromatic heterocycles. The zero-order chi connectivity index (χ0) is 17.6. The molecule has 1 fully saturated rings. The van der Waals surface area contributed by atoms with Gasteiger partial charge in [-0.2, -0.15) is 0 Å². The summed E-state index contributed by atoms with van der Waals surface area (Å²) in [6.07, 6.45) is 0. The second kappa shape index (κ2) is 8.36. The minimum absolute atomic E-state index is 0.179. The van der Waals surface area contributed by atoms with E-state index < -0.39 is 0 Å². The Morgan fingerprint density at radius 2 is 1.92 bits per heavy atom. The van der Waals surface area contributed by atoms with E-state index in [1.54, 1.807) is 18.4 Å². The highest BCUT2D eigenvalue weighted by Crippen LogP contribution is 2.21. The number of ether oxygens (including phenoxy) is 1. The summed E-state index contributed by atoms with van der Waals surface area (Å²) in [6.45, 7) is 5.74. The first-order chi connectivity index (χ1) is 12.2. The van der Waals surface area contributed by atoms with Crippen LogP contribution < -0.4 is 15.0 Å². The van der Waals surface area contributed by atoms with Crippen molar-refractivity contribution in [2.24, 2.45) is 0 Å². The van der Waals surface area contributed by atoms with Crippen molar-refractivity contribution in [1.29, 1.82) is 0 Å². The number of hydrogen-bond acceptors (Lipinski definition) is 5. The Kier molecular flexibility index (Phi) is 5.94. The Balaban J connectivity index is 1.45. The maximum Gasteiger partial charge on any atom is 0.236 e. The van der Waals surface area contributed by atoms with E-state index in [0.29, 0.717) is 6.54 Å². The van der Waals surface area contributed by atoms with Gasteiger partial charge in [0.2, 0.25) is 5.91 Å². The zero-order valence-electron chi connectivity index (χ0n) is 14.8. The van der Waals surface area contributed by atoms with Crippen LogP contribution in [0.2, 0.25) is 0 Å². The van der Waals surface area contributed by atoms with Gasteiger partial charge in [0.05, 0.1) is 13.7 Å². The Bertz CT molecular complexity index is 664. The SMILES string of the molecule is COc1ccc(N2CCN(C(=O)CN[C@H](C)c3cccs3)CC2)cc1. The van der Waals surface area contributed by atoms with Crippen LogP contribution in [-0.2, 0) is 4.79 Å².